The van der Waals surface area contributed by atoms with E-state index in [4.69, 9.17) is 11.1 Å². The molecule has 6 nitrogen and oxygen atoms in total. The summed E-state index contributed by atoms with van der Waals surface area (Å²) >= 11 is 0. The molecule has 158 valence electrons. The molecular formula is C24H24IrN6+. The van der Waals surface area contributed by atoms with Crippen LogP contribution in [-0.2, 0) is 20.1 Å². The standard InChI is InChI=1S/2C11H9N2.C2H6N2.Ir/c2*1-9-7-11(13-8-12-9)10-5-3-2-4-6-10;1-2(3)4;/h2*2-7H,1H3;1H3,(H3,3,4);/q2*-1;;+3. The molecule has 3 N–H and O–H groups in total. The average molecular weight is 589 g/mol. The van der Waals surface area contributed by atoms with E-state index in [1.807, 2.05) is 86.6 Å². The van der Waals surface area contributed by atoms with Crippen LogP contribution in [-0.4, -0.2) is 25.8 Å². The molecule has 2 aromatic heterocycles. The number of nitrogens with two attached hydrogens (primary N) is 1. The molecule has 0 saturated heterocycles. The van der Waals surface area contributed by atoms with E-state index in [0.717, 1.165) is 33.9 Å². The van der Waals surface area contributed by atoms with Gasteiger partial charge in [0.15, 0.2) is 0 Å². The predicted molar refractivity (Wildman–Crippen MR) is 120 cm³/mol. The van der Waals surface area contributed by atoms with Crippen molar-refractivity contribution in [3.63, 3.8) is 0 Å². The van der Waals surface area contributed by atoms with Crippen LogP contribution < -0.4 is 5.73 Å². The summed E-state index contributed by atoms with van der Waals surface area (Å²) in [5, 5.41) is 6.28. The minimum absolute atomic E-state index is 0. The average Bonchev–Trinajstić information content (AvgIpc) is 2.75. The van der Waals surface area contributed by atoms with Crippen LogP contribution in [0, 0.1) is 31.9 Å². The molecule has 2 aromatic carbocycles. The van der Waals surface area contributed by atoms with Crippen LogP contribution in [0.1, 0.15) is 18.3 Å². The molecule has 0 atom stereocenters. The number of rotatable bonds is 2. The number of amidine groups is 1. The minimum atomic E-state index is 0. The predicted octanol–water partition coefficient (Wildman–Crippen LogP) is 4.44. The number of aromatic nitrogens is 4. The van der Waals surface area contributed by atoms with Crippen LogP contribution >= 0.6 is 0 Å². The molecule has 31 heavy (non-hydrogen) atoms. The van der Waals surface area contributed by atoms with E-state index in [-0.39, 0.29) is 25.9 Å². The van der Waals surface area contributed by atoms with Crippen molar-refractivity contribution >= 4 is 5.84 Å². The van der Waals surface area contributed by atoms with Crippen LogP contribution in [0.4, 0.5) is 0 Å². The largest absolute Gasteiger partial charge is 3.00 e. The van der Waals surface area contributed by atoms with Gasteiger partial charge in [0, 0.05) is 12.7 Å². The summed E-state index contributed by atoms with van der Waals surface area (Å²) in [7, 11) is 0. The van der Waals surface area contributed by atoms with Crippen molar-refractivity contribution in [3.05, 3.63) is 96.8 Å². The second kappa shape index (κ2) is 13.9. The van der Waals surface area contributed by atoms with Crippen molar-refractivity contribution < 1.29 is 20.1 Å². The Morgan fingerprint density at radius 1 is 0.710 bits per heavy atom. The summed E-state index contributed by atoms with van der Waals surface area (Å²) in [6.45, 7) is 5.40. The van der Waals surface area contributed by atoms with Crippen LogP contribution in [0.5, 0.6) is 0 Å². The Morgan fingerprint density at radius 2 is 1.03 bits per heavy atom. The van der Waals surface area contributed by atoms with Gasteiger partial charge < -0.3 is 25.7 Å². The van der Waals surface area contributed by atoms with Gasteiger partial charge in [0.25, 0.3) is 0 Å². The zero-order chi connectivity index (χ0) is 21.8. The Bertz CT molecular complexity index is 971. The molecule has 0 aliphatic carbocycles. The fourth-order valence-corrected chi connectivity index (χ4v) is 2.35. The monoisotopic (exact) mass is 589 g/mol. The van der Waals surface area contributed by atoms with Crippen molar-refractivity contribution in [2.75, 3.05) is 0 Å². The van der Waals surface area contributed by atoms with Gasteiger partial charge in [-0.3, -0.25) is 5.41 Å². The van der Waals surface area contributed by atoms with Crippen molar-refractivity contribution in [2.24, 2.45) is 5.73 Å². The maximum Gasteiger partial charge on any atom is 3.00 e. The van der Waals surface area contributed by atoms with E-state index >= 15 is 0 Å². The van der Waals surface area contributed by atoms with Gasteiger partial charge in [-0.1, -0.05) is 97.0 Å². The van der Waals surface area contributed by atoms with E-state index in [9.17, 15) is 0 Å². The summed E-state index contributed by atoms with van der Waals surface area (Å²) in [5.41, 5.74) is 10.6. The summed E-state index contributed by atoms with van der Waals surface area (Å²) in [4.78, 5) is 16.0. The SMILES string of the molecule is CC(=N)N.Cc1cc(-c2ccccc2)n[c-]n1.Cc1cc(-c2ccccc2)n[c-]n1.[Ir+3]. The third kappa shape index (κ3) is 9.85. The van der Waals surface area contributed by atoms with Gasteiger partial charge in [-0.05, 0) is 18.3 Å². The zero-order valence-corrected chi connectivity index (χ0v) is 20.0. The van der Waals surface area contributed by atoms with E-state index in [1.165, 1.54) is 6.92 Å². The van der Waals surface area contributed by atoms with Gasteiger partial charge in [-0.15, -0.1) is 12.1 Å². The first-order valence-electron chi connectivity index (χ1n) is 9.30. The normalized spacial score (nSPS) is 9.13. The third-order valence-electron chi connectivity index (χ3n) is 3.62. The Balaban J connectivity index is 0.000000258. The van der Waals surface area contributed by atoms with E-state index in [1.54, 1.807) is 0 Å². The van der Waals surface area contributed by atoms with Gasteiger partial charge in [-0.2, -0.15) is 0 Å². The second-order valence-electron chi connectivity index (χ2n) is 6.40. The summed E-state index contributed by atoms with van der Waals surface area (Å²) < 4.78 is 0. The third-order valence-corrected chi connectivity index (χ3v) is 3.62. The van der Waals surface area contributed by atoms with E-state index in [0.29, 0.717) is 0 Å². The maximum atomic E-state index is 6.28. The molecule has 7 heteroatoms. The van der Waals surface area contributed by atoms with Crippen LogP contribution in [0.2, 0.25) is 0 Å². The molecule has 0 spiro atoms. The van der Waals surface area contributed by atoms with Crippen LogP contribution in [0.3, 0.4) is 0 Å². The Morgan fingerprint density at radius 3 is 1.32 bits per heavy atom. The van der Waals surface area contributed by atoms with Crippen molar-refractivity contribution in [1.29, 1.82) is 5.41 Å². The Kier molecular flexibility index (Phi) is 11.5. The first-order valence-corrected chi connectivity index (χ1v) is 9.30. The number of nitrogens with zero attached hydrogens (tertiary/aromatic N) is 4. The maximum absolute atomic E-state index is 6.28. The fourth-order valence-electron chi connectivity index (χ4n) is 2.35. The quantitative estimate of drug-likeness (QED) is 0.205. The topological polar surface area (TPSA) is 101 Å². The molecule has 0 fully saturated rings. The van der Waals surface area contributed by atoms with Gasteiger partial charge in [-0.25, -0.2) is 0 Å². The second-order valence-corrected chi connectivity index (χ2v) is 6.40. The molecule has 0 bridgehead atoms. The van der Waals surface area contributed by atoms with E-state index < -0.39 is 0 Å². The number of benzene rings is 2. The number of hydrogen-bond acceptors (Lipinski definition) is 5. The molecule has 4 aromatic rings. The van der Waals surface area contributed by atoms with Crippen LogP contribution in [0.25, 0.3) is 22.5 Å². The molecule has 0 radical (unpaired) electrons. The van der Waals surface area contributed by atoms with Crippen molar-refractivity contribution in [1.82, 2.24) is 19.9 Å². The summed E-state index contributed by atoms with van der Waals surface area (Å²) in [5.74, 6) is 0.167. The van der Waals surface area contributed by atoms with Gasteiger partial charge >= 0.3 is 20.1 Å². The first kappa shape index (κ1) is 25.8. The molecule has 0 aliphatic rings. The van der Waals surface area contributed by atoms with Gasteiger partial charge in [0.05, 0.1) is 5.84 Å². The van der Waals surface area contributed by atoms with Crippen molar-refractivity contribution in [3.8, 4) is 22.5 Å². The molecule has 2 heterocycles. The molecule has 4 rings (SSSR count). The Labute approximate surface area is 196 Å². The summed E-state index contributed by atoms with van der Waals surface area (Å²) in [6.07, 6.45) is 5.26. The van der Waals surface area contributed by atoms with Gasteiger partial charge in [0.2, 0.25) is 0 Å². The summed E-state index contributed by atoms with van der Waals surface area (Å²) in [6, 6.07) is 23.9. The molecular weight excluding hydrogens is 565 g/mol. The molecule has 0 unspecified atom stereocenters. The van der Waals surface area contributed by atoms with Crippen molar-refractivity contribution in [2.45, 2.75) is 20.8 Å². The number of aryl methyl sites for hydroxylation is 2. The van der Waals surface area contributed by atoms with Gasteiger partial charge in [0.1, 0.15) is 0 Å². The number of nitrogens with one attached hydrogen (secondary N) is 1. The zero-order valence-electron chi connectivity index (χ0n) is 17.6. The molecule has 0 saturated carbocycles. The minimum Gasteiger partial charge on any atom is -0.388 e. The first-order chi connectivity index (χ1) is 14.5. The van der Waals surface area contributed by atoms with Crippen LogP contribution in [0.15, 0.2) is 72.8 Å². The Hall–Kier alpha value is -3.28. The molecule has 0 amide bonds. The fraction of sp³-hybridized carbons (Fsp3) is 0.125. The number of hydrogen-bond donors (Lipinski definition) is 2. The smallest absolute Gasteiger partial charge is 0.388 e. The molecule has 0 aliphatic heterocycles. The van der Waals surface area contributed by atoms with E-state index in [2.05, 4.69) is 32.6 Å².